The second-order valence-electron chi connectivity index (χ2n) is 7.02. The van der Waals surface area contributed by atoms with Gasteiger partial charge in [0.15, 0.2) is 0 Å². The van der Waals surface area contributed by atoms with Crippen LogP contribution in [0.1, 0.15) is 47.8 Å². The lowest BCUT2D eigenvalue weighted by molar-refractivity contribution is 0.0286. The average molecular weight is 340 g/mol. The zero-order valence-electron chi connectivity index (χ0n) is 14.6. The molecule has 1 aromatic carbocycles. The van der Waals surface area contributed by atoms with E-state index in [1.807, 2.05) is 4.90 Å². The number of hydrogen-bond acceptors (Lipinski definition) is 5. The van der Waals surface area contributed by atoms with Crippen molar-refractivity contribution in [1.29, 1.82) is 0 Å². The van der Waals surface area contributed by atoms with Gasteiger partial charge in [0.05, 0.1) is 0 Å². The van der Waals surface area contributed by atoms with Crippen LogP contribution in [0.25, 0.3) is 0 Å². The van der Waals surface area contributed by atoms with Crippen molar-refractivity contribution < 1.29 is 9.32 Å². The lowest BCUT2D eigenvalue weighted by atomic mass is 9.79. The van der Waals surface area contributed by atoms with Gasteiger partial charge in [-0.1, -0.05) is 35.5 Å². The van der Waals surface area contributed by atoms with Crippen LogP contribution in [-0.4, -0.2) is 52.0 Å². The Morgan fingerprint density at radius 3 is 2.36 bits per heavy atom. The highest BCUT2D eigenvalue weighted by atomic mass is 16.5. The Balaban J connectivity index is 1.55. The van der Waals surface area contributed by atoms with Crippen molar-refractivity contribution in [2.24, 2.45) is 0 Å². The summed E-state index contributed by atoms with van der Waals surface area (Å²) in [5.41, 5.74) is 1.42. The van der Waals surface area contributed by atoms with Gasteiger partial charge in [0, 0.05) is 25.6 Å². The Morgan fingerprint density at radius 1 is 1.08 bits per heavy atom. The predicted octanol–water partition coefficient (Wildman–Crippen LogP) is 2.61. The highest BCUT2D eigenvalue weighted by Crippen LogP contribution is 2.40. The third-order valence-corrected chi connectivity index (χ3v) is 5.62. The molecule has 2 fully saturated rings. The zero-order chi connectivity index (χ0) is 17.3. The molecular formula is C19H24N4O2. The van der Waals surface area contributed by atoms with E-state index in [2.05, 4.69) is 45.4 Å². The van der Waals surface area contributed by atoms with Crippen molar-refractivity contribution in [1.82, 2.24) is 19.9 Å². The van der Waals surface area contributed by atoms with Crippen molar-refractivity contribution >= 4 is 5.91 Å². The molecule has 2 aliphatic rings. The number of benzene rings is 1. The number of carbonyl (C=O) groups excluding carboxylic acids is 1. The molecule has 0 bridgehead atoms. The van der Waals surface area contributed by atoms with E-state index in [1.54, 1.807) is 6.92 Å². The van der Waals surface area contributed by atoms with Crippen LogP contribution in [0.3, 0.4) is 0 Å². The fourth-order valence-electron chi connectivity index (χ4n) is 4.29. The minimum absolute atomic E-state index is 0.0434. The molecule has 0 aliphatic carbocycles. The van der Waals surface area contributed by atoms with Crippen molar-refractivity contribution in [3.8, 4) is 0 Å². The first-order valence-electron chi connectivity index (χ1n) is 9.09. The molecule has 2 saturated heterocycles. The van der Waals surface area contributed by atoms with Gasteiger partial charge in [0.1, 0.15) is 0 Å². The van der Waals surface area contributed by atoms with Gasteiger partial charge >= 0.3 is 0 Å². The molecule has 0 spiro atoms. The number of aryl methyl sites for hydroxylation is 1. The molecule has 0 saturated carbocycles. The van der Waals surface area contributed by atoms with Gasteiger partial charge in [-0.05, 0) is 44.3 Å². The van der Waals surface area contributed by atoms with E-state index < -0.39 is 0 Å². The molecule has 6 nitrogen and oxygen atoms in total. The van der Waals surface area contributed by atoms with Crippen molar-refractivity contribution in [3.63, 3.8) is 0 Å². The summed E-state index contributed by atoms with van der Waals surface area (Å²) in [7, 11) is 0. The smallest absolute Gasteiger partial charge is 0.295 e. The SMILES string of the molecule is Cc1nc(C(=O)N2CCC(c3ccccc3)(N3CCCC3)CC2)no1. The average Bonchev–Trinajstić information content (AvgIpc) is 3.34. The Morgan fingerprint density at radius 2 is 1.76 bits per heavy atom. The zero-order valence-corrected chi connectivity index (χ0v) is 14.6. The lowest BCUT2D eigenvalue weighted by Crippen LogP contribution is -2.53. The molecule has 0 unspecified atom stereocenters. The molecule has 0 N–H and O–H groups in total. The Bertz CT molecular complexity index is 729. The minimum atomic E-state index is -0.125. The van der Waals surface area contributed by atoms with Gasteiger partial charge in [-0.15, -0.1) is 0 Å². The van der Waals surface area contributed by atoms with Crippen LogP contribution in [-0.2, 0) is 5.54 Å². The molecule has 132 valence electrons. The minimum Gasteiger partial charge on any atom is -0.339 e. The number of nitrogens with zero attached hydrogens (tertiary/aromatic N) is 4. The first kappa shape index (κ1) is 16.3. The summed E-state index contributed by atoms with van der Waals surface area (Å²) >= 11 is 0. The van der Waals surface area contributed by atoms with Gasteiger partial charge < -0.3 is 9.42 Å². The predicted molar refractivity (Wildman–Crippen MR) is 93.1 cm³/mol. The first-order chi connectivity index (χ1) is 12.2. The molecule has 0 atom stereocenters. The molecule has 2 aliphatic heterocycles. The summed E-state index contributed by atoms with van der Waals surface area (Å²) in [6.45, 7) is 5.43. The maximum absolute atomic E-state index is 12.6. The standard InChI is InChI=1S/C19H24N4O2/c1-15-20-17(21-25-15)18(24)22-13-9-19(10-14-22,23-11-5-6-12-23)16-7-3-2-4-8-16/h2-4,7-8H,5-6,9-14H2,1H3. The molecule has 4 rings (SSSR count). The fraction of sp³-hybridized carbons (Fsp3) is 0.526. The molecule has 6 heteroatoms. The fourth-order valence-corrected chi connectivity index (χ4v) is 4.29. The van der Waals surface area contributed by atoms with E-state index in [4.69, 9.17) is 4.52 Å². The van der Waals surface area contributed by atoms with Crippen LogP contribution in [0.15, 0.2) is 34.9 Å². The number of hydrogen-bond donors (Lipinski definition) is 0. The van der Waals surface area contributed by atoms with Crippen LogP contribution in [0.2, 0.25) is 0 Å². The molecule has 25 heavy (non-hydrogen) atoms. The Kier molecular flexibility index (Phi) is 4.29. The summed E-state index contributed by atoms with van der Waals surface area (Å²) in [6, 6.07) is 10.8. The Hall–Kier alpha value is -2.21. The lowest BCUT2D eigenvalue weighted by Gasteiger charge is -2.48. The van der Waals surface area contributed by atoms with Gasteiger partial charge in [0.2, 0.25) is 5.89 Å². The van der Waals surface area contributed by atoms with E-state index >= 15 is 0 Å². The molecule has 2 aromatic rings. The summed E-state index contributed by atoms with van der Waals surface area (Å²) in [4.78, 5) is 21.2. The number of rotatable bonds is 3. The van der Waals surface area contributed by atoms with E-state index in [0.29, 0.717) is 5.89 Å². The van der Waals surface area contributed by atoms with Crippen molar-refractivity contribution in [2.75, 3.05) is 26.2 Å². The number of amides is 1. The van der Waals surface area contributed by atoms with Crippen LogP contribution in [0.4, 0.5) is 0 Å². The van der Waals surface area contributed by atoms with E-state index in [-0.39, 0.29) is 17.3 Å². The third-order valence-electron chi connectivity index (χ3n) is 5.62. The second-order valence-corrected chi connectivity index (χ2v) is 7.02. The highest BCUT2D eigenvalue weighted by Gasteiger charge is 2.43. The topological polar surface area (TPSA) is 62.5 Å². The number of likely N-dealkylation sites (tertiary alicyclic amines) is 2. The number of aromatic nitrogens is 2. The molecule has 0 radical (unpaired) electrons. The van der Waals surface area contributed by atoms with Crippen LogP contribution in [0.5, 0.6) is 0 Å². The van der Waals surface area contributed by atoms with Crippen molar-refractivity contribution in [3.05, 3.63) is 47.6 Å². The maximum Gasteiger partial charge on any atom is 0.295 e. The maximum atomic E-state index is 12.6. The molecule has 1 amide bonds. The summed E-state index contributed by atoms with van der Waals surface area (Å²) in [6.07, 6.45) is 4.41. The van der Waals surface area contributed by atoms with Gasteiger partial charge in [-0.25, -0.2) is 0 Å². The van der Waals surface area contributed by atoms with Crippen LogP contribution >= 0.6 is 0 Å². The largest absolute Gasteiger partial charge is 0.339 e. The third kappa shape index (κ3) is 2.95. The molecular weight excluding hydrogens is 316 g/mol. The summed E-state index contributed by atoms with van der Waals surface area (Å²) < 4.78 is 4.95. The van der Waals surface area contributed by atoms with E-state index in [0.717, 1.165) is 39.0 Å². The van der Waals surface area contributed by atoms with Crippen LogP contribution < -0.4 is 0 Å². The van der Waals surface area contributed by atoms with Crippen LogP contribution in [0, 0.1) is 6.92 Å². The summed E-state index contributed by atoms with van der Waals surface area (Å²) in [5, 5.41) is 3.78. The van der Waals surface area contributed by atoms with Crippen molar-refractivity contribution in [2.45, 2.75) is 38.1 Å². The quantitative estimate of drug-likeness (QED) is 0.859. The van der Waals surface area contributed by atoms with Gasteiger partial charge in [-0.3, -0.25) is 9.69 Å². The molecule has 3 heterocycles. The monoisotopic (exact) mass is 340 g/mol. The number of carbonyl (C=O) groups is 1. The highest BCUT2D eigenvalue weighted by molar-refractivity contribution is 5.90. The first-order valence-corrected chi connectivity index (χ1v) is 9.09. The van der Waals surface area contributed by atoms with Gasteiger partial charge in [0.25, 0.3) is 11.7 Å². The summed E-state index contributed by atoms with van der Waals surface area (Å²) in [5.74, 6) is 0.474. The number of piperidine rings is 1. The van der Waals surface area contributed by atoms with E-state index in [1.165, 1.54) is 18.4 Å². The van der Waals surface area contributed by atoms with E-state index in [9.17, 15) is 4.79 Å². The second kappa shape index (κ2) is 6.59. The Labute approximate surface area is 147 Å². The normalized spacial score (nSPS) is 20.8. The molecule has 1 aromatic heterocycles. The van der Waals surface area contributed by atoms with Gasteiger partial charge in [-0.2, -0.15) is 4.98 Å².